The van der Waals surface area contributed by atoms with Gasteiger partial charge in [-0.25, -0.2) is 17.8 Å². The number of allylic oxidation sites excluding steroid dienone is 1. The molecule has 0 radical (unpaired) electrons. The highest BCUT2D eigenvalue weighted by molar-refractivity contribution is 7.90. The molecule has 3 aromatic rings. The largest absolute Gasteiger partial charge is 0.327 e. The highest BCUT2D eigenvalue weighted by atomic mass is 35.5. The standard InChI is InChI=1S/C21H24FN3O2S.ClH/c1-14(2)21-24-20-18(15-6-4-7-17(12-15)28(3,26)27)8-5-9-19(20)25(21)13-16(22)10-11-23;/h4-10,12,14H,11,13,23H2,1-3H3;1H/b16-10-;. The third-order valence-corrected chi connectivity index (χ3v) is 5.66. The first kappa shape index (κ1) is 23.1. The molecule has 2 N–H and O–H groups in total. The zero-order valence-corrected chi connectivity index (χ0v) is 18.2. The molecule has 8 heteroatoms. The molecule has 0 spiro atoms. The van der Waals surface area contributed by atoms with Crippen LogP contribution in [0.5, 0.6) is 0 Å². The van der Waals surface area contributed by atoms with E-state index in [4.69, 9.17) is 10.7 Å². The molecule has 2 aromatic carbocycles. The minimum atomic E-state index is -3.32. The van der Waals surface area contributed by atoms with Gasteiger partial charge < -0.3 is 10.3 Å². The van der Waals surface area contributed by atoms with Crippen molar-refractivity contribution in [1.29, 1.82) is 0 Å². The number of halogens is 2. The summed E-state index contributed by atoms with van der Waals surface area (Å²) in [7, 11) is -3.32. The molecule has 0 bridgehead atoms. The van der Waals surface area contributed by atoms with E-state index < -0.39 is 9.84 Å². The summed E-state index contributed by atoms with van der Waals surface area (Å²) in [5, 5.41) is 0. The summed E-state index contributed by atoms with van der Waals surface area (Å²) in [5.74, 6) is 0.545. The number of para-hydroxylation sites is 1. The van der Waals surface area contributed by atoms with Gasteiger partial charge in [0.05, 0.1) is 22.5 Å². The predicted molar refractivity (Wildman–Crippen MR) is 118 cm³/mol. The maximum absolute atomic E-state index is 14.2. The Hall–Kier alpha value is -2.22. The molecule has 0 saturated carbocycles. The lowest BCUT2D eigenvalue weighted by atomic mass is 10.0. The first-order valence-corrected chi connectivity index (χ1v) is 11.0. The van der Waals surface area contributed by atoms with Crippen LogP contribution < -0.4 is 5.73 Å². The second-order valence-corrected chi connectivity index (χ2v) is 9.09. The van der Waals surface area contributed by atoms with Crippen molar-refractivity contribution in [2.45, 2.75) is 31.2 Å². The van der Waals surface area contributed by atoms with E-state index in [1.54, 1.807) is 18.2 Å². The lowest BCUT2D eigenvalue weighted by molar-refractivity contribution is 0.541. The average Bonchev–Trinajstić information content (AvgIpc) is 3.00. The Kier molecular flexibility index (Phi) is 7.21. The molecule has 0 aliphatic rings. The first-order valence-electron chi connectivity index (χ1n) is 9.06. The van der Waals surface area contributed by atoms with Gasteiger partial charge in [-0.15, -0.1) is 12.4 Å². The van der Waals surface area contributed by atoms with Gasteiger partial charge >= 0.3 is 0 Å². The molecule has 3 rings (SSSR count). The summed E-state index contributed by atoms with van der Waals surface area (Å²) in [6.45, 7) is 4.21. The van der Waals surface area contributed by atoms with Crippen molar-refractivity contribution in [3.63, 3.8) is 0 Å². The number of benzene rings is 2. The number of nitrogens with two attached hydrogens (primary N) is 1. The molecule has 0 atom stereocenters. The summed E-state index contributed by atoms with van der Waals surface area (Å²) in [4.78, 5) is 5.03. The molecule has 0 aliphatic heterocycles. The topological polar surface area (TPSA) is 78.0 Å². The third-order valence-electron chi connectivity index (χ3n) is 4.55. The normalized spacial score (nSPS) is 12.4. The van der Waals surface area contributed by atoms with Crippen LogP contribution in [-0.2, 0) is 16.4 Å². The van der Waals surface area contributed by atoms with E-state index in [1.165, 1.54) is 12.3 Å². The van der Waals surface area contributed by atoms with E-state index in [1.807, 2.05) is 42.7 Å². The van der Waals surface area contributed by atoms with Crippen molar-refractivity contribution in [3.05, 3.63) is 60.2 Å². The zero-order chi connectivity index (χ0) is 20.5. The van der Waals surface area contributed by atoms with Gasteiger partial charge in [-0.3, -0.25) is 0 Å². The quantitative estimate of drug-likeness (QED) is 0.617. The monoisotopic (exact) mass is 437 g/mol. The number of hydrogen-bond donors (Lipinski definition) is 1. The number of sulfone groups is 1. The smallest absolute Gasteiger partial charge is 0.175 e. The summed E-state index contributed by atoms with van der Waals surface area (Å²) in [6.07, 6.45) is 2.54. The average molecular weight is 438 g/mol. The van der Waals surface area contributed by atoms with Crippen molar-refractivity contribution < 1.29 is 12.8 Å². The summed E-state index contributed by atoms with van der Waals surface area (Å²) in [5.41, 5.74) is 8.51. The Labute approximate surface area is 176 Å². The van der Waals surface area contributed by atoms with Crippen molar-refractivity contribution in [2.75, 3.05) is 12.8 Å². The van der Waals surface area contributed by atoms with Gasteiger partial charge in [0.25, 0.3) is 0 Å². The Balaban J connectivity index is 0.00000300. The lowest BCUT2D eigenvalue weighted by Gasteiger charge is -2.10. The van der Waals surface area contributed by atoms with Crippen LogP contribution in [0.2, 0.25) is 0 Å². The van der Waals surface area contributed by atoms with Crippen LogP contribution in [0.25, 0.3) is 22.2 Å². The maximum atomic E-state index is 14.2. The number of nitrogens with zero attached hydrogens (tertiary/aromatic N) is 2. The summed E-state index contributed by atoms with van der Waals surface area (Å²) >= 11 is 0. The molecule has 29 heavy (non-hydrogen) atoms. The van der Waals surface area contributed by atoms with Gasteiger partial charge in [-0.05, 0) is 29.8 Å². The molecular weight excluding hydrogens is 413 g/mol. The van der Waals surface area contributed by atoms with E-state index in [9.17, 15) is 12.8 Å². The van der Waals surface area contributed by atoms with Crippen LogP contribution in [0.4, 0.5) is 4.39 Å². The van der Waals surface area contributed by atoms with Crippen molar-refractivity contribution in [2.24, 2.45) is 5.73 Å². The lowest BCUT2D eigenvalue weighted by Crippen LogP contribution is -2.07. The van der Waals surface area contributed by atoms with E-state index in [0.29, 0.717) is 0 Å². The minimum absolute atomic E-state index is 0. The SMILES string of the molecule is CC(C)c1nc2c(-c3cccc(S(C)(=O)=O)c3)cccc2n1C/C(F)=C/CN.Cl. The molecule has 0 fully saturated rings. The van der Waals surface area contributed by atoms with E-state index in [2.05, 4.69) is 0 Å². The van der Waals surface area contributed by atoms with Crippen LogP contribution in [-0.4, -0.2) is 30.8 Å². The molecule has 156 valence electrons. The number of imidazole rings is 1. The number of rotatable bonds is 6. The van der Waals surface area contributed by atoms with Gasteiger partial charge in [0.1, 0.15) is 11.7 Å². The molecule has 5 nitrogen and oxygen atoms in total. The highest BCUT2D eigenvalue weighted by Crippen LogP contribution is 2.32. The van der Waals surface area contributed by atoms with Crippen LogP contribution >= 0.6 is 12.4 Å². The van der Waals surface area contributed by atoms with Crippen LogP contribution in [0.3, 0.4) is 0 Å². The predicted octanol–water partition coefficient (Wildman–Crippen LogP) is 4.46. The molecular formula is C21H25ClFN3O2S. The fourth-order valence-corrected chi connectivity index (χ4v) is 3.91. The van der Waals surface area contributed by atoms with Crippen LogP contribution in [0.1, 0.15) is 25.6 Å². The second-order valence-electron chi connectivity index (χ2n) is 7.07. The van der Waals surface area contributed by atoms with Gasteiger partial charge in [0.2, 0.25) is 0 Å². The Morgan fingerprint density at radius 1 is 1.24 bits per heavy atom. The minimum Gasteiger partial charge on any atom is -0.327 e. The molecule has 0 amide bonds. The van der Waals surface area contributed by atoms with Gasteiger partial charge in [0, 0.05) is 24.3 Å². The fraction of sp³-hybridized carbons (Fsp3) is 0.286. The Morgan fingerprint density at radius 3 is 2.55 bits per heavy atom. The number of fused-ring (bicyclic) bond motifs is 1. The fourth-order valence-electron chi connectivity index (χ4n) is 3.24. The number of hydrogen-bond acceptors (Lipinski definition) is 4. The molecule has 1 heterocycles. The summed E-state index contributed by atoms with van der Waals surface area (Å²) < 4.78 is 39.9. The number of aromatic nitrogens is 2. The molecule has 1 aromatic heterocycles. The van der Waals surface area contributed by atoms with Crippen LogP contribution in [0.15, 0.2) is 59.3 Å². The second kappa shape index (κ2) is 9.07. The van der Waals surface area contributed by atoms with Gasteiger partial charge in [-0.1, -0.05) is 38.1 Å². The maximum Gasteiger partial charge on any atom is 0.175 e. The highest BCUT2D eigenvalue weighted by Gasteiger charge is 2.18. The Morgan fingerprint density at radius 2 is 1.93 bits per heavy atom. The van der Waals surface area contributed by atoms with Crippen molar-refractivity contribution >= 4 is 33.3 Å². The molecule has 0 saturated heterocycles. The Bertz CT molecular complexity index is 1150. The van der Waals surface area contributed by atoms with Crippen molar-refractivity contribution in [3.8, 4) is 11.1 Å². The molecule has 0 unspecified atom stereocenters. The van der Waals surface area contributed by atoms with E-state index in [-0.39, 0.29) is 42.1 Å². The van der Waals surface area contributed by atoms with E-state index in [0.717, 1.165) is 28.0 Å². The van der Waals surface area contributed by atoms with E-state index >= 15 is 0 Å². The van der Waals surface area contributed by atoms with Crippen LogP contribution in [0, 0.1) is 0 Å². The van der Waals surface area contributed by atoms with Crippen molar-refractivity contribution in [1.82, 2.24) is 9.55 Å². The summed E-state index contributed by atoms with van der Waals surface area (Å²) in [6, 6.07) is 12.5. The third kappa shape index (κ3) is 4.86. The van der Waals surface area contributed by atoms with Gasteiger partial charge in [-0.2, -0.15) is 0 Å². The zero-order valence-electron chi connectivity index (χ0n) is 16.6. The first-order chi connectivity index (χ1) is 13.2. The van der Waals surface area contributed by atoms with Gasteiger partial charge in [0.15, 0.2) is 9.84 Å². The molecule has 0 aliphatic carbocycles.